The van der Waals surface area contributed by atoms with E-state index in [0.29, 0.717) is 30.1 Å². The number of halogens is 1. The summed E-state index contributed by atoms with van der Waals surface area (Å²) >= 11 is 5.87. The Labute approximate surface area is 173 Å². The molecule has 0 radical (unpaired) electrons. The fraction of sp³-hybridized carbons (Fsp3) is 0.227. The lowest BCUT2D eigenvalue weighted by Gasteiger charge is -2.27. The van der Waals surface area contributed by atoms with Gasteiger partial charge in [0.05, 0.1) is 30.7 Å². The molecule has 4 rings (SSSR count). The van der Waals surface area contributed by atoms with Crippen LogP contribution < -0.4 is 5.56 Å². The number of amides is 1. The molecule has 148 valence electrons. The van der Waals surface area contributed by atoms with Gasteiger partial charge in [0.2, 0.25) is 0 Å². The van der Waals surface area contributed by atoms with E-state index in [-0.39, 0.29) is 18.7 Å². The lowest BCUT2D eigenvalue weighted by Crippen LogP contribution is -2.41. The van der Waals surface area contributed by atoms with E-state index in [1.54, 1.807) is 27.9 Å². The second kappa shape index (κ2) is 8.49. The zero-order valence-electron chi connectivity index (χ0n) is 15.8. The van der Waals surface area contributed by atoms with Gasteiger partial charge in [0, 0.05) is 18.0 Å². The molecule has 1 aromatic heterocycles. The zero-order chi connectivity index (χ0) is 20.2. The summed E-state index contributed by atoms with van der Waals surface area (Å²) in [6.45, 7) is 1.28. The number of carbonyl (C=O) groups excluding carboxylic acids is 1. The summed E-state index contributed by atoms with van der Waals surface area (Å²) in [5.74, 6) is 0. The summed E-state index contributed by atoms with van der Waals surface area (Å²) in [6, 6.07) is 16.9. The molecule has 0 fully saturated rings. The largest absolute Gasteiger partial charge is 0.445 e. The maximum Gasteiger partial charge on any atom is 0.410 e. The van der Waals surface area contributed by atoms with E-state index < -0.39 is 6.09 Å². The van der Waals surface area contributed by atoms with Crippen molar-refractivity contribution in [3.8, 4) is 0 Å². The number of nitrogens with zero attached hydrogens (tertiary/aromatic N) is 3. The normalized spacial score (nSPS) is 13.1. The van der Waals surface area contributed by atoms with Gasteiger partial charge in [-0.15, -0.1) is 0 Å². The molecule has 0 atom stereocenters. The van der Waals surface area contributed by atoms with Crippen molar-refractivity contribution >= 4 is 17.7 Å². The average Bonchev–Trinajstić information content (AvgIpc) is 2.76. The van der Waals surface area contributed by atoms with Gasteiger partial charge in [-0.1, -0.05) is 54.1 Å². The van der Waals surface area contributed by atoms with Gasteiger partial charge in [0.25, 0.3) is 5.56 Å². The first-order valence-electron chi connectivity index (χ1n) is 9.37. The highest BCUT2D eigenvalue weighted by atomic mass is 35.5. The minimum Gasteiger partial charge on any atom is -0.445 e. The third-order valence-electron chi connectivity index (χ3n) is 4.92. The molecule has 2 heterocycles. The van der Waals surface area contributed by atoms with Crippen LogP contribution in [0.4, 0.5) is 4.79 Å². The van der Waals surface area contributed by atoms with Crippen LogP contribution in [0.25, 0.3) is 0 Å². The Bertz CT molecular complexity index is 1060. The number of aromatic nitrogens is 2. The van der Waals surface area contributed by atoms with Crippen molar-refractivity contribution in [2.24, 2.45) is 0 Å². The van der Waals surface area contributed by atoms with Crippen molar-refractivity contribution in [2.45, 2.75) is 26.1 Å². The third-order valence-corrected chi connectivity index (χ3v) is 5.17. The van der Waals surface area contributed by atoms with Crippen LogP contribution >= 0.6 is 11.6 Å². The standard InChI is InChI=1S/C22H20ClN3O3/c23-18-8-6-17(7-9-18)14-29-22(28)25-11-10-20-19(13-25)21(27)26(15-24-20)12-16-4-2-1-3-5-16/h1-9,15H,10-14H2. The first-order chi connectivity index (χ1) is 14.1. The Hall–Kier alpha value is -3.12. The highest BCUT2D eigenvalue weighted by Crippen LogP contribution is 2.16. The average molecular weight is 410 g/mol. The van der Waals surface area contributed by atoms with Crippen LogP contribution in [0.2, 0.25) is 5.02 Å². The fourth-order valence-electron chi connectivity index (χ4n) is 3.32. The number of hydrogen-bond acceptors (Lipinski definition) is 4. The molecule has 1 aliphatic rings. The molecule has 7 heteroatoms. The van der Waals surface area contributed by atoms with Crippen molar-refractivity contribution in [3.05, 3.63) is 98.7 Å². The second-order valence-corrected chi connectivity index (χ2v) is 7.38. The van der Waals surface area contributed by atoms with E-state index >= 15 is 0 Å². The summed E-state index contributed by atoms with van der Waals surface area (Å²) in [6.07, 6.45) is 1.68. The van der Waals surface area contributed by atoms with Crippen LogP contribution in [-0.4, -0.2) is 27.1 Å². The van der Waals surface area contributed by atoms with Crippen molar-refractivity contribution < 1.29 is 9.53 Å². The first-order valence-corrected chi connectivity index (χ1v) is 9.75. The van der Waals surface area contributed by atoms with Crippen LogP contribution in [0.1, 0.15) is 22.4 Å². The van der Waals surface area contributed by atoms with Gasteiger partial charge in [-0.2, -0.15) is 0 Å². The zero-order valence-corrected chi connectivity index (χ0v) is 16.5. The number of benzene rings is 2. The van der Waals surface area contributed by atoms with Crippen molar-refractivity contribution in [1.29, 1.82) is 0 Å². The Balaban J connectivity index is 1.45. The molecule has 0 spiro atoms. The van der Waals surface area contributed by atoms with E-state index in [9.17, 15) is 9.59 Å². The molecule has 1 amide bonds. The van der Waals surface area contributed by atoms with Crippen molar-refractivity contribution in [3.63, 3.8) is 0 Å². The molecule has 0 unspecified atom stereocenters. The van der Waals surface area contributed by atoms with Crippen LogP contribution in [0.15, 0.2) is 65.7 Å². The van der Waals surface area contributed by atoms with Crippen LogP contribution in [0.5, 0.6) is 0 Å². The molecule has 6 nitrogen and oxygen atoms in total. The second-order valence-electron chi connectivity index (χ2n) is 6.94. The van der Waals surface area contributed by atoms with Crippen molar-refractivity contribution in [1.82, 2.24) is 14.5 Å². The van der Waals surface area contributed by atoms with Gasteiger partial charge in [0.1, 0.15) is 6.61 Å². The van der Waals surface area contributed by atoms with E-state index in [1.807, 2.05) is 42.5 Å². The number of rotatable bonds is 4. The first kappa shape index (κ1) is 19.2. The van der Waals surface area contributed by atoms with Gasteiger partial charge in [-0.05, 0) is 23.3 Å². The van der Waals surface area contributed by atoms with Crippen LogP contribution in [-0.2, 0) is 30.9 Å². The van der Waals surface area contributed by atoms with Crippen molar-refractivity contribution in [2.75, 3.05) is 6.54 Å². The maximum atomic E-state index is 12.9. The number of fused-ring (bicyclic) bond motifs is 1. The number of hydrogen-bond donors (Lipinski definition) is 0. The molecule has 0 aliphatic carbocycles. The monoisotopic (exact) mass is 409 g/mol. The van der Waals surface area contributed by atoms with Gasteiger partial charge >= 0.3 is 6.09 Å². The highest BCUT2D eigenvalue weighted by molar-refractivity contribution is 6.30. The summed E-state index contributed by atoms with van der Waals surface area (Å²) in [5.41, 5.74) is 3.06. The van der Waals surface area contributed by atoms with E-state index in [0.717, 1.165) is 16.8 Å². The minimum atomic E-state index is -0.441. The molecule has 1 aliphatic heterocycles. The molecule has 3 aromatic rings. The van der Waals surface area contributed by atoms with Gasteiger partial charge in [-0.25, -0.2) is 9.78 Å². The maximum absolute atomic E-state index is 12.9. The molecule has 2 aromatic carbocycles. The Morgan fingerprint density at radius 2 is 1.83 bits per heavy atom. The summed E-state index contributed by atoms with van der Waals surface area (Å²) in [5, 5.41) is 0.631. The number of ether oxygens (including phenoxy) is 1. The third kappa shape index (κ3) is 4.49. The Morgan fingerprint density at radius 3 is 2.59 bits per heavy atom. The Morgan fingerprint density at radius 1 is 1.07 bits per heavy atom. The smallest absolute Gasteiger partial charge is 0.410 e. The summed E-state index contributed by atoms with van der Waals surface area (Å²) in [4.78, 5) is 31.4. The fourth-order valence-corrected chi connectivity index (χ4v) is 3.44. The predicted octanol–water partition coefficient (Wildman–Crippen LogP) is 3.64. The van der Waals surface area contributed by atoms with Crippen LogP contribution in [0.3, 0.4) is 0 Å². The molecular weight excluding hydrogens is 390 g/mol. The quantitative estimate of drug-likeness (QED) is 0.660. The van der Waals surface area contributed by atoms with Gasteiger partial charge in [-0.3, -0.25) is 9.36 Å². The lowest BCUT2D eigenvalue weighted by atomic mass is 10.1. The minimum absolute atomic E-state index is 0.117. The highest BCUT2D eigenvalue weighted by Gasteiger charge is 2.25. The van der Waals surface area contributed by atoms with E-state index in [2.05, 4.69) is 4.98 Å². The molecule has 0 bridgehead atoms. The lowest BCUT2D eigenvalue weighted by molar-refractivity contribution is 0.0913. The predicted molar refractivity (Wildman–Crippen MR) is 110 cm³/mol. The van der Waals surface area contributed by atoms with E-state index in [4.69, 9.17) is 16.3 Å². The molecule has 0 saturated carbocycles. The molecule has 0 N–H and O–H groups in total. The number of carbonyl (C=O) groups is 1. The molecule has 0 saturated heterocycles. The van der Waals surface area contributed by atoms with Gasteiger partial charge < -0.3 is 9.64 Å². The Kier molecular flexibility index (Phi) is 5.62. The molecule has 29 heavy (non-hydrogen) atoms. The molecular formula is C22H20ClN3O3. The topological polar surface area (TPSA) is 64.4 Å². The van der Waals surface area contributed by atoms with E-state index in [1.165, 1.54) is 0 Å². The van der Waals surface area contributed by atoms with Crippen LogP contribution in [0, 0.1) is 0 Å². The van der Waals surface area contributed by atoms with Gasteiger partial charge in [0.15, 0.2) is 0 Å². The summed E-state index contributed by atoms with van der Waals surface area (Å²) < 4.78 is 6.98. The SMILES string of the molecule is O=C(OCc1ccc(Cl)cc1)N1CCc2ncn(Cc3ccccc3)c(=O)c2C1. The summed E-state index contributed by atoms with van der Waals surface area (Å²) in [7, 11) is 0.